The van der Waals surface area contributed by atoms with Crippen molar-refractivity contribution in [1.29, 1.82) is 0 Å². The Morgan fingerprint density at radius 1 is 1.32 bits per heavy atom. The zero-order chi connectivity index (χ0) is 18.6. The number of halogens is 1. The van der Waals surface area contributed by atoms with Crippen molar-refractivity contribution in [3.8, 4) is 11.5 Å². The second-order valence-electron chi connectivity index (χ2n) is 6.18. The molecule has 1 atom stereocenters. The molecular weight excluding hydrogens is 344 g/mol. The van der Waals surface area contributed by atoms with E-state index in [1.165, 1.54) is 14.2 Å². The minimum atomic E-state index is -0.347. The van der Waals surface area contributed by atoms with Crippen molar-refractivity contribution in [2.24, 2.45) is 5.92 Å². The van der Waals surface area contributed by atoms with Crippen LogP contribution >= 0.6 is 11.6 Å². The lowest BCUT2D eigenvalue weighted by molar-refractivity contribution is -0.134. The van der Waals surface area contributed by atoms with Gasteiger partial charge in [-0.05, 0) is 6.42 Å². The highest BCUT2D eigenvalue weighted by Gasteiger charge is 2.37. The molecule has 2 amide bonds. The molecule has 0 aromatic heterocycles. The Kier molecular flexibility index (Phi) is 6.53. The van der Waals surface area contributed by atoms with Gasteiger partial charge in [0, 0.05) is 38.7 Å². The van der Waals surface area contributed by atoms with Crippen molar-refractivity contribution in [1.82, 2.24) is 4.90 Å². The lowest BCUT2D eigenvalue weighted by Gasteiger charge is -2.23. The Labute approximate surface area is 153 Å². The van der Waals surface area contributed by atoms with E-state index in [9.17, 15) is 9.59 Å². The molecule has 25 heavy (non-hydrogen) atoms. The quantitative estimate of drug-likeness (QED) is 0.742. The summed E-state index contributed by atoms with van der Waals surface area (Å²) in [5, 5.41) is 0.404. The first kappa shape index (κ1) is 19.4. The number of hydrogen-bond donors (Lipinski definition) is 0. The monoisotopic (exact) mass is 368 g/mol. The molecule has 138 valence electrons. The molecule has 1 fully saturated rings. The number of carbonyl (C=O) groups is 2. The van der Waals surface area contributed by atoms with Gasteiger partial charge in [0.15, 0.2) is 0 Å². The first-order valence-corrected chi connectivity index (χ1v) is 8.77. The fourth-order valence-corrected chi connectivity index (χ4v) is 3.21. The van der Waals surface area contributed by atoms with E-state index in [1.807, 2.05) is 0 Å². The van der Waals surface area contributed by atoms with Crippen LogP contribution < -0.4 is 14.4 Å². The summed E-state index contributed by atoms with van der Waals surface area (Å²) in [4.78, 5) is 28.4. The van der Waals surface area contributed by atoms with Crippen LogP contribution in [0.15, 0.2) is 12.1 Å². The van der Waals surface area contributed by atoms with Gasteiger partial charge in [-0.1, -0.05) is 24.9 Å². The van der Waals surface area contributed by atoms with E-state index in [2.05, 4.69) is 6.92 Å². The Morgan fingerprint density at radius 3 is 2.60 bits per heavy atom. The highest BCUT2D eigenvalue weighted by Crippen LogP contribution is 2.40. The lowest BCUT2D eigenvalue weighted by atomic mass is 10.1. The number of rotatable bonds is 7. The maximum absolute atomic E-state index is 12.6. The summed E-state index contributed by atoms with van der Waals surface area (Å²) in [6.45, 7) is 3.12. The van der Waals surface area contributed by atoms with Gasteiger partial charge >= 0.3 is 0 Å². The summed E-state index contributed by atoms with van der Waals surface area (Å²) in [6.07, 6.45) is 2.17. The second kappa shape index (κ2) is 8.43. The van der Waals surface area contributed by atoms with Crippen LogP contribution in [0.5, 0.6) is 11.5 Å². The Bertz CT molecular complexity index is 650. The zero-order valence-electron chi connectivity index (χ0n) is 15.2. The molecule has 1 aliphatic heterocycles. The topological polar surface area (TPSA) is 59.1 Å². The third-order valence-corrected chi connectivity index (χ3v) is 4.74. The van der Waals surface area contributed by atoms with Gasteiger partial charge in [0.2, 0.25) is 11.8 Å². The molecule has 1 unspecified atom stereocenters. The van der Waals surface area contributed by atoms with Gasteiger partial charge in [0.1, 0.15) is 11.5 Å². The van der Waals surface area contributed by atoms with Crippen LogP contribution in [0.2, 0.25) is 5.02 Å². The molecule has 0 aliphatic carbocycles. The zero-order valence-corrected chi connectivity index (χ0v) is 15.9. The highest BCUT2D eigenvalue weighted by atomic mass is 35.5. The molecule has 1 saturated heterocycles. The van der Waals surface area contributed by atoms with Crippen molar-refractivity contribution in [3.05, 3.63) is 17.2 Å². The summed E-state index contributed by atoms with van der Waals surface area (Å²) in [7, 11) is 4.82. The van der Waals surface area contributed by atoms with E-state index in [1.54, 1.807) is 29.0 Å². The molecule has 0 radical (unpaired) electrons. The average molecular weight is 369 g/mol. The predicted molar refractivity (Wildman–Crippen MR) is 97.6 cm³/mol. The molecular formula is C18H25ClN2O4. The van der Waals surface area contributed by atoms with Crippen LogP contribution in [0, 0.1) is 5.92 Å². The Balaban J connectivity index is 2.22. The fraction of sp³-hybridized carbons (Fsp3) is 0.556. The SMILES string of the molecule is CCCCN(C)C(=O)C1CC(=O)N(c2cc(OC)c(Cl)cc2OC)C1. The Hall–Kier alpha value is -1.95. The molecule has 1 aromatic carbocycles. The number of anilines is 1. The number of ether oxygens (including phenoxy) is 2. The molecule has 6 nitrogen and oxygen atoms in total. The van der Waals surface area contributed by atoms with Gasteiger partial charge in [-0.3, -0.25) is 9.59 Å². The maximum Gasteiger partial charge on any atom is 0.227 e. The number of nitrogens with zero attached hydrogens (tertiary/aromatic N) is 2. The van der Waals surface area contributed by atoms with Gasteiger partial charge in [0.25, 0.3) is 0 Å². The van der Waals surface area contributed by atoms with Crippen LogP contribution in [0.25, 0.3) is 0 Å². The average Bonchev–Trinajstić information content (AvgIpc) is 3.00. The van der Waals surface area contributed by atoms with Crippen LogP contribution in [-0.4, -0.2) is 51.1 Å². The van der Waals surface area contributed by atoms with Crippen molar-refractivity contribution < 1.29 is 19.1 Å². The molecule has 0 spiro atoms. The molecule has 1 heterocycles. The number of hydrogen-bond acceptors (Lipinski definition) is 4. The fourth-order valence-electron chi connectivity index (χ4n) is 2.98. The molecule has 0 bridgehead atoms. The van der Waals surface area contributed by atoms with Gasteiger partial charge in [0.05, 0.1) is 30.8 Å². The molecule has 1 aromatic rings. The van der Waals surface area contributed by atoms with Crippen LogP contribution in [-0.2, 0) is 9.59 Å². The van der Waals surface area contributed by atoms with E-state index in [-0.39, 0.29) is 24.2 Å². The Morgan fingerprint density at radius 2 is 2.00 bits per heavy atom. The van der Waals surface area contributed by atoms with Gasteiger partial charge in [-0.25, -0.2) is 0 Å². The second-order valence-corrected chi connectivity index (χ2v) is 6.58. The molecule has 2 rings (SSSR count). The van der Waals surface area contributed by atoms with E-state index >= 15 is 0 Å². The first-order chi connectivity index (χ1) is 11.9. The first-order valence-electron chi connectivity index (χ1n) is 8.39. The van der Waals surface area contributed by atoms with Gasteiger partial charge < -0.3 is 19.3 Å². The summed E-state index contributed by atoms with van der Waals surface area (Å²) >= 11 is 6.12. The third-order valence-electron chi connectivity index (χ3n) is 4.44. The minimum Gasteiger partial charge on any atom is -0.495 e. The van der Waals surface area contributed by atoms with E-state index in [0.717, 1.165) is 12.8 Å². The summed E-state index contributed by atoms with van der Waals surface area (Å²) in [5.41, 5.74) is 0.570. The van der Waals surface area contributed by atoms with Crippen molar-refractivity contribution in [3.63, 3.8) is 0 Å². The van der Waals surface area contributed by atoms with Crippen molar-refractivity contribution in [2.75, 3.05) is 39.3 Å². The van der Waals surface area contributed by atoms with Crippen molar-refractivity contribution >= 4 is 29.1 Å². The largest absolute Gasteiger partial charge is 0.495 e. The number of amides is 2. The lowest BCUT2D eigenvalue weighted by Crippen LogP contribution is -2.35. The molecule has 0 N–H and O–H groups in total. The smallest absolute Gasteiger partial charge is 0.227 e. The summed E-state index contributed by atoms with van der Waals surface area (Å²) in [6, 6.07) is 3.29. The molecule has 1 aliphatic rings. The number of methoxy groups -OCH3 is 2. The number of benzene rings is 1. The van der Waals surface area contributed by atoms with Crippen LogP contribution in [0.3, 0.4) is 0 Å². The predicted octanol–water partition coefficient (Wildman–Crippen LogP) is 2.97. The highest BCUT2D eigenvalue weighted by molar-refractivity contribution is 6.32. The van der Waals surface area contributed by atoms with E-state index in [4.69, 9.17) is 21.1 Å². The summed E-state index contributed by atoms with van der Waals surface area (Å²) in [5.74, 6) is 0.488. The standard InChI is InChI=1S/C18H25ClN2O4/c1-5-6-7-20(2)18(23)12-8-17(22)21(11-12)14-10-15(24-3)13(19)9-16(14)25-4/h9-10,12H,5-8,11H2,1-4H3. The molecule has 7 heteroatoms. The molecule has 0 saturated carbocycles. The number of carbonyl (C=O) groups excluding carboxylic acids is 2. The van der Waals surface area contributed by atoms with Crippen LogP contribution in [0.4, 0.5) is 5.69 Å². The van der Waals surface area contributed by atoms with Gasteiger partial charge in [-0.2, -0.15) is 0 Å². The maximum atomic E-state index is 12.6. The van der Waals surface area contributed by atoms with Crippen molar-refractivity contribution in [2.45, 2.75) is 26.2 Å². The van der Waals surface area contributed by atoms with E-state index in [0.29, 0.717) is 35.3 Å². The minimum absolute atomic E-state index is 0.00388. The third kappa shape index (κ3) is 4.18. The van der Waals surface area contributed by atoms with E-state index < -0.39 is 0 Å². The van der Waals surface area contributed by atoms with Gasteiger partial charge in [-0.15, -0.1) is 0 Å². The normalized spacial score (nSPS) is 16.9. The number of unbranched alkanes of at least 4 members (excludes halogenated alkanes) is 1. The van der Waals surface area contributed by atoms with Crippen LogP contribution in [0.1, 0.15) is 26.2 Å². The summed E-state index contributed by atoms with van der Waals surface area (Å²) < 4.78 is 10.6.